The second-order valence-electron chi connectivity index (χ2n) is 5.29. The van der Waals surface area contributed by atoms with Gasteiger partial charge in [-0.25, -0.2) is 4.39 Å². The Hall–Kier alpha value is -1.29. The molecule has 17 heavy (non-hydrogen) atoms. The second-order valence-corrected chi connectivity index (χ2v) is 5.29. The van der Waals surface area contributed by atoms with Crippen molar-refractivity contribution in [1.29, 1.82) is 0 Å². The molecule has 0 saturated carbocycles. The van der Waals surface area contributed by atoms with Crippen molar-refractivity contribution in [2.75, 3.05) is 13.2 Å². The van der Waals surface area contributed by atoms with E-state index in [1.54, 1.807) is 6.07 Å². The molecule has 1 heterocycles. The summed E-state index contributed by atoms with van der Waals surface area (Å²) in [5.74, 6) is -0.472. The van der Waals surface area contributed by atoms with Crippen LogP contribution in [0.15, 0.2) is 12.1 Å². The van der Waals surface area contributed by atoms with Crippen LogP contribution in [0.2, 0.25) is 0 Å². The lowest BCUT2D eigenvalue weighted by atomic mass is 9.85. The molecule has 94 valence electrons. The summed E-state index contributed by atoms with van der Waals surface area (Å²) in [6.45, 7) is 6.76. The van der Waals surface area contributed by atoms with Crippen LogP contribution in [0.25, 0.3) is 0 Å². The van der Waals surface area contributed by atoms with E-state index in [0.29, 0.717) is 24.5 Å². The highest BCUT2D eigenvalue weighted by molar-refractivity contribution is 5.45. The van der Waals surface area contributed by atoms with Crippen LogP contribution in [0, 0.1) is 5.82 Å². The fourth-order valence-corrected chi connectivity index (χ4v) is 1.71. The van der Waals surface area contributed by atoms with Gasteiger partial charge < -0.3 is 14.6 Å². The predicted octanol–water partition coefficient (Wildman–Crippen LogP) is 2.61. The standard InChI is InChI=1S/C13H17FO3/c1-13(2,3)11-10(17-7-8-6-16-8)5-4-9(15)12(11)14/h4-5,8,15H,6-7H2,1-3H3/t8-/m0/s1. The Balaban J connectivity index is 2.32. The van der Waals surface area contributed by atoms with Crippen LogP contribution >= 0.6 is 0 Å². The first kappa shape index (κ1) is 12.2. The highest BCUT2D eigenvalue weighted by atomic mass is 19.1. The molecular formula is C13H17FO3. The molecular weight excluding hydrogens is 223 g/mol. The van der Waals surface area contributed by atoms with Crippen LogP contribution in [-0.4, -0.2) is 24.4 Å². The van der Waals surface area contributed by atoms with Crippen LogP contribution < -0.4 is 4.74 Å². The number of epoxide rings is 1. The summed E-state index contributed by atoms with van der Waals surface area (Å²) in [4.78, 5) is 0. The molecule has 0 spiro atoms. The Kier molecular flexibility index (Phi) is 3.00. The van der Waals surface area contributed by atoms with E-state index in [4.69, 9.17) is 9.47 Å². The molecule has 1 aliphatic heterocycles. The van der Waals surface area contributed by atoms with Gasteiger partial charge in [-0.15, -0.1) is 0 Å². The molecule has 0 amide bonds. The van der Waals surface area contributed by atoms with Crippen LogP contribution in [0.3, 0.4) is 0 Å². The summed E-state index contributed by atoms with van der Waals surface area (Å²) in [6, 6.07) is 2.91. The van der Waals surface area contributed by atoms with Crippen molar-refractivity contribution in [3.63, 3.8) is 0 Å². The fraction of sp³-hybridized carbons (Fsp3) is 0.538. The molecule has 1 aromatic carbocycles. The van der Waals surface area contributed by atoms with Crippen molar-refractivity contribution < 1.29 is 19.0 Å². The fourth-order valence-electron chi connectivity index (χ4n) is 1.71. The van der Waals surface area contributed by atoms with Gasteiger partial charge in [-0.2, -0.15) is 0 Å². The van der Waals surface area contributed by atoms with Crippen molar-refractivity contribution in [3.8, 4) is 11.5 Å². The molecule has 0 radical (unpaired) electrons. The van der Waals surface area contributed by atoms with Gasteiger partial charge in [0.1, 0.15) is 18.5 Å². The van der Waals surface area contributed by atoms with Crippen LogP contribution in [0.4, 0.5) is 4.39 Å². The van der Waals surface area contributed by atoms with Crippen molar-refractivity contribution >= 4 is 0 Å². The molecule has 0 bridgehead atoms. The molecule has 1 atom stereocenters. The Morgan fingerprint density at radius 3 is 2.65 bits per heavy atom. The number of phenols is 1. The van der Waals surface area contributed by atoms with E-state index in [1.807, 2.05) is 20.8 Å². The van der Waals surface area contributed by atoms with Crippen LogP contribution in [-0.2, 0) is 10.2 Å². The van der Waals surface area contributed by atoms with Crippen LogP contribution in [0.1, 0.15) is 26.3 Å². The lowest BCUT2D eigenvalue weighted by molar-refractivity contribution is 0.255. The highest BCUT2D eigenvalue weighted by Crippen LogP contribution is 2.37. The Morgan fingerprint density at radius 2 is 2.12 bits per heavy atom. The first-order valence-electron chi connectivity index (χ1n) is 5.66. The molecule has 0 unspecified atom stereocenters. The number of benzene rings is 1. The SMILES string of the molecule is CC(C)(C)c1c(OC[C@@H]2CO2)ccc(O)c1F. The number of hydrogen-bond donors (Lipinski definition) is 1. The topological polar surface area (TPSA) is 42.0 Å². The summed E-state index contributed by atoms with van der Waals surface area (Å²) in [7, 11) is 0. The zero-order chi connectivity index (χ0) is 12.6. The van der Waals surface area contributed by atoms with E-state index < -0.39 is 11.2 Å². The summed E-state index contributed by atoms with van der Waals surface area (Å²) in [5, 5.41) is 9.42. The molecule has 1 saturated heterocycles. The maximum Gasteiger partial charge on any atom is 0.172 e. The third-order valence-electron chi connectivity index (χ3n) is 2.66. The Morgan fingerprint density at radius 1 is 1.47 bits per heavy atom. The first-order chi connectivity index (χ1) is 7.89. The minimum Gasteiger partial charge on any atom is -0.505 e. The van der Waals surface area contributed by atoms with E-state index >= 15 is 0 Å². The number of ether oxygens (including phenoxy) is 2. The van der Waals surface area contributed by atoms with Gasteiger partial charge >= 0.3 is 0 Å². The lowest BCUT2D eigenvalue weighted by Crippen LogP contribution is -2.17. The van der Waals surface area contributed by atoms with Gasteiger partial charge in [0.15, 0.2) is 11.6 Å². The molecule has 1 N–H and O–H groups in total. The zero-order valence-corrected chi connectivity index (χ0v) is 10.3. The predicted molar refractivity (Wildman–Crippen MR) is 62.0 cm³/mol. The minimum atomic E-state index is -0.605. The van der Waals surface area contributed by atoms with E-state index in [9.17, 15) is 9.50 Å². The molecule has 1 aliphatic rings. The van der Waals surface area contributed by atoms with Gasteiger partial charge in [0.25, 0.3) is 0 Å². The number of phenolic OH excluding ortho intramolecular Hbond substituents is 1. The summed E-state index contributed by atoms with van der Waals surface area (Å²) in [5.41, 5.74) is -0.0269. The minimum absolute atomic E-state index is 0.125. The normalized spacial score (nSPS) is 19.2. The van der Waals surface area contributed by atoms with Crippen molar-refractivity contribution in [2.45, 2.75) is 32.3 Å². The zero-order valence-electron chi connectivity index (χ0n) is 10.3. The molecule has 4 heteroatoms. The van der Waals surface area contributed by atoms with Crippen LogP contribution in [0.5, 0.6) is 11.5 Å². The van der Waals surface area contributed by atoms with E-state index in [2.05, 4.69) is 0 Å². The number of aromatic hydroxyl groups is 1. The summed E-state index contributed by atoms with van der Waals surface area (Å²) >= 11 is 0. The maximum absolute atomic E-state index is 13.9. The summed E-state index contributed by atoms with van der Waals surface area (Å²) in [6.07, 6.45) is 0.125. The smallest absolute Gasteiger partial charge is 0.172 e. The third-order valence-corrected chi connectivity index (χ3v) is 2.66. The third kappa shape index (κ3) is 2.69. The van der Waals surface area contributed by atoms with Gasteiger partial charge in [-0.1, -0.05) is 20.8 Å². The van der Waals surface area contributed by atoms with Crippen molar-refractivity contribution in [3.05, 3.63) is 23.5 Å². The molecule has 0 aromatic heterocycles. The van der Waals surface area contributed by atoms with Crippen molar-refractivity contribution in [2.24, 2.45) is 0 Å². The Labute approximate surface area is 100 Å². The van der Waals surface area contributed by atoms with Gasteiger partial charge in [0, 0.05) is 5.56 Å². The van der Waals surface area contributed by atoms with Gasteiger partial charge in [0.05, 0.1) is 6.61 Å². The van der Waals surface area contributed by atoms with E-state index in [1.165, 1.54) is 6.07 Å². The largest absolute Gasteiger partial charge is 0.505 e. The van der Waals surface area contributed by atoms with Gasteiger partial charge in [-0.3, -0.25) is 0 Å². The molecule has 3 nitrogen and oxygen atoms in total. The first-order valence-corrected chi connectivity index (χ1v) is 5.66. The molecule has 1 aromatic rings. The van der Waals surface area contributed by atoms with Gasteiger partial charge in [-0.05, 0) is 17.5 Å². The van der Waals surface area contributed by atoms with E-state index in [0.717, 1.165) is 0 Å². The number of halogens is 1. The van der Waals surface area contributed by atoms with Crippen molar-refractivity contribution in [1.82, 2.24) is 0 Å². The number of rotatable bonds is 3. The monoisotopic (exact) mass is 240 g/mol. The quantitative estimate of drug-likeness (QED) is 0.826. The maximum atomic E-state index is 13.9. The number of hydrogen-bond acceptors (Lipinski definition) is 3. The lowest BCUT2D eigenvalue weighted by Gasteiger charge is -2.23. The second kappa shape index (κ2) is 4.18. The molecule has 1 fully saturated rings. The highest BCUT2D eigenvalue weighted by Gasteiger charge is 2.28. The molecule has 0 aliphatic carbocycles. The average molecular weight is 240 g/mol. The average Bonchev–Trinajstić information content (AvgIpc) is 3.01. The van der Waals surface area contributed by atoms with E-state index in [-0.39, 0.29) is 11.9 Å². The Bertz CT molecular complexity index is 419. The molecule has 2 rings (SSSR count). The summed E-state index contributed by atoms with van der Waals surface area (Å²) < 4.78 is 24.5. The van der Waals surface area contributed by atoms with Gasteiger partial charge in [0.2, 0.25) is 0 Å².